The molecular formula is C15H12BrN3O. The first-order chi connectivity index (χ1) is 9.58. The van der Waals surface area contributed by atoms with Crippen LogP contribution in [0.3, 0.4) is 0 Å². The Morgan fingerprint density at radius 1 is 1.00 bits per heavy atom. The van der Waals surface area contributed by atoms with Gasteiger partial charge in [0, 0.05) is 18.6 Å². The molecule has 0 aliphatic heterocycles. The number of para-hydroxylation sites is 2. The Labute approximate surface area is 124 Å². The summed E-state index contributed by atoms with van der Waals surface area (Å²) in [4.78, 5) is 23.0. The van der Waals surface area contributed by atoms with Crippen molar-refractivity contribution in [3.05, 3.63) is 46.4 Å². The maximum Gasteiger partial charge on any atom is 0.255 e. The largest absolute Gasteiger partial charge is 0.345 e. The van der Waals surface area contributed by atoms with Crippen molar-refractivity contribution in [2.24, 2.45) is 0 Å². The van der Waals surface area contributed by atoms with E-state index in [4.69, 9.17) is 0 Å². The molecule has 3 rings (SSSR count). The smallest absolute Gasteiger partial charge is 0.255 e. The SMILES string of the molecule is CN(C)C(=O)c1cccc2nc3cccc(Br)c3nc12. The number of carbonyl (C=O) groups excluding carboxylic acids is 1. The maximum atomic E-state index is 12.2. The molecular weight excluding hydrogens is 318 g/mol. The third kappa shape index (κ3) is 2.04. The lowest BCUT2D eigenvalue weighted by Crippen LogP contribution is -2.22. The quantitative estimate of drug-likeness (QED) is 0.644. The molecule has 0 aliphatic rings. The number of aromatic nitrogens is 2. The van der Waals surface area contributed by atoms with Crippen molar-refractivity contribution >= 4 is 43.9 Å². The summed E-state index contributed by atoms with van der Waals surface area (Å²) in [5.74, 6) is -0.0729. The summed E-state index contributed by atoms with van der Waals surface area (Å²) in [5.41, 5.74) is 3.49. The zero-order valence-electron chi connectivity index (χ0n) is 11.1. The molecule has 4 nitrogen and oxygen atoms in total. The molecule has 0 aliphatic carbocycles. The van der Waals surface area contributed by atoms with E-state index in [-0.39, 0.29) is 5.91 Å². The van der Waals surface area contributed by atoms with Gasteiger partial charge < -0.3 is 4.90 Å². The lowest BCUT2D eigenvalue weighted by Gasteiger charge is -2.12. The highest BCUT2D eigenvalue weighted by Gasteiger charge is 2.14. The molecule has 100 valence electrons. The van der Waals surface area contributed by atoms with E-state index in [1.165, 1.54) is 0 Å². The maximum absolute atomic E-state index is 12.2. The van der Waals surface area contributed by atoms with E-state index in [1.807, 2.05) is 30.3 Å². The van der Waals surface area contributed by atoms with Crippen molar-refractivity contribution in [1.82, 2.24) is 14.9 Å². The number of fused-ring (bicyclic) bond motifs is 2. The summed E-state index contributed by atoms with van der Waals surface area (Å²) < 4.78 is 0.872. The van der Waals surface area contributed by atoms with Crippen LogP contribution in [-0.2, 0) is 0 Å². The molecule has 0 saturated carbocycles. The van der Waals surface area contributed by atoms with Gasteiger partial charge in [-0.2, -0.15) is 0 Å². The van der Waals surface area contributed by atoms with Crippen molar-refractivity contribution in [2.45, 2.75) is 0 Å². The molecule has 20 heavy (non-hydrogen) atoms. The molecule has 0 radical (unpaired) electrons. The molecule has 1 aromatic heterocycles. The third-order valence-corrected chi connectivity index (χ3v) is 3.72. The highest BCUT2D eigenvalue weighted by Crippen LogP contribution is 2.25. The van der Waals surface area contributed by atoms with Crippen LogP contribution in [0.2, 0.25) is 0 Å². The zero-order valence-corrected chi connectivity index (χ0v) is 12.7. The van der Waals surface area contributed by atoms with Gasteiger partial charge in [0.15, 0.2) is 0 Å². The van der Waals surface area contributed by atoms with Crippen molar-refractivity contribution < 1.29 is 4.79 Å². The van der Waals surface area contributed by atoms with Crippen LogP contribution < -0.4 is 0 Å². The Morgan fingerprint density at radius 2 is 1.65 bits per heavy atom. The van der Waals surface area contributed by atoms with Crippen LogP contribution in [0.4, 0.5) is 0 Å². The van der Waals surface area contributed by atoms with E-state index in [1.54, 1.807) is 25.1 Å². The van der Waals surface area contributed by atoms with Crippen LogP contribution in [-0.4, -0.2) is 34.9 Å². The van der Waals surface area contributed by atoms with Gasteiger partial charge >= 0.3 is 0 Å². The zero-order chi connectivity index (χ0) is 14.3. The van der Waals surface area contributed by atoms with Gasteiger partial charge in [0.05, 0.1) is 16.6 Å². The van der Waals surface area contributed by atoms with Gasteiger partial charge in [-0.15, -0.1) is 0 Å². The first kappa shape index (κ1) is 13.0. The van der Waals surface area contributed by atoms with Crippen LogP contribution in [0.1, 0.15) is 10.4 Å². The second kappa shape index (κ2) is 4.83. The first-order valence-electron chi connectivity index (χ1n) is 6.14. The molecule has 0 atom stereocenters. The summed E-state index contributed by atoms with van der Waals surface area (Å²) in [5, 5.41) is 0. The number of hydrogen-bond donors (Lipinski definition) is 0. The average Bonchev–Trinajstić information content (AvgIpc) is 2.44. The third-order valence-electron chi connectivity index (χ3n) is 3.08. The summed E-state index contributed by atoms with van der Waals surface area (Å²) in [6.45, 7) is 0. The molecule has 0 saturated heterocycles. The predicted molar refractivity (Wildman–Crippen MR) is 82.8 cm³/mol. The Balaban J connectivity index is 2.39. The van der Waals surface area contributed by atoms with E-state index >= 15 is 0 Å². The fourth-order valence-electron chi connectivity index (χ4n) is 2.10. The van der Waals surface area contributed by atoms with Gasteiger partial charge in [-0.3, -0.25) is 4.79 Å². The fraction of sp³-hybridized carbons (Fsp3) is 0.133. The van der Waals surface area contributed by atoms with Crippen LogP contribution in [0.5, 0.6) is 0 Å². The van der Waals surface area contributed by atoms with Crippen LogP contribution in [0, 0.1) is 0 Å². The second-order valence-corrected chi connectivity index (χ2v) is 5.56. The van der Waals surface area contributed by atoms with Gasteiger partial charge in [0.2, 0.25) is 0 Å². The molecule has 0 unspecified atom stereocenters. The lowest BCUT2D eigenvalue weighted by molar-refractivity contribution is 0.0829. The van der Waals surface area contributed by atoms with Crippen molar-refractivity contribution in [1.29, 1.82) is 0 Å². The topological polar surface area (TPSA) is 46.1 Å². The number of rotatable bonds is 1. The Kier molecular flexibility index (Phi) is 3.14. The normalized spacial score (nSPS) is 10.9. The molecule has 0 spiro atoms. The standard InChI is InChI=1S/C15H12BrN3O/c1-19(2)15(20)9-5-3-7-11-13(9)18-14-10(16)6-4-8-12(14)17-11/h3-8H,1-2H3. The summed E-state index contributed by atoms with van der Waals surface area (Å²) in [7, 11) is 3.46. The Morgan fingerprint density at radius 3 is 2.35 bits per heavy atom. The molecule has 0 N–H and O–H groups in total. The first-order valence-corrected chi connectivity index (χ1v) is 6.94. The van der Waals surface area contributed by atoms with Crippen molar-refractivity contribution in [2.75, 3.05) is 14.1 Å². The minimum absolute atomic E-state index is 0.0729. The van der Waals surface area contributed by atoms with E-state index in [0.717, 1.165) is 21.0 Å². The number of halogens is 1. The number of nitrogens with zero attached hydrogens (tertiary/aromatic N) is 3. The van der Waals surface area contributed by atoms with E-state index in [0.29, 0.717) is 11.1 Å². The van der Waals surface area contributed by atoms with Crippen LogP contribution in [0.15, 0.2) is 40.9 Å². The average molecular weight is 330 g/mol. The van der Waals surface area contributed by atoms with Gasteiger partial charge in [0.1, 0.15) is 11.0 Å². The summed E-state index contributed by atoms with van der Waals surface area (Å²) in [6, 6.07) is 11.2. The molecule has 3 aromatic rings. The molecule has 0 fully saturated rings. The summed E-state index contributed by atoms with van der Waals surface area (Å²) in [6.07, 6.45) is 0. The van der Waals surface area contributed by atoms with Crippen LogP contribution >= 0.6 is 15.9 Å². The highest BCUT2D eigenvalue weighted by molar-refractivity contribution is 9.10. The fourth-order valence-corrected chi connectivity index (χ4v) is 2.54. The predicted octanol–water partition coefficient (Wildman–Crippen LogP) is 3.25. The second-order valence-electron chi connectivity index (χ2n) is 4.70. The number of amides is 1. The van der Waals surface area contributed by atoms with E-state index < -0.39 is 0 Å². The number of benzene rings is 2. The minimum Gasteiger partial charge on any atom is -0.345 e. The van der Waals surface area contributed by atoms with Gasteiger partial charge in [-0.05, 0) is 40.2 Å². The Bertz CT molecular complexity index is 830. The van der Waals surface area contributed by atoms with E-state index in [2.05, 4.69) is 25.9 Å². The Hall–Kier alpha value is -2.01. The monoisotopic (exact) mass is 329 g/mol. The molecule has 5 heteroatoms. The molecule has 0 bridgehead atoms. The van der Waals surface area contributed by atoms with Gasteiger partial charge in [-0.1, -0.05) is 12.1 Å². The highest BCUT2D eigenvalue weighted by atomic mass is 79.9. The summed E-state index contributed by atoms with van der Waals surface area (Å²) >= 11 is 3.48. The minimum atomic E-state index is -0.0729. The molecule has 2 aromatic carbocycles. The van der Waals surface area contributed by atoms with Crippen molar-refractivity contribution in [3.63, 3.8) is 0 Å². The number of hydrogen-bond acceptors (Lipinski definition) is 3. The number of carbonyl (C=O) groups is 1. The molecule has 1 amide bonds. The van der Waals surface area contributed by atoms with Crippen LogP contribution in [0.25, 0.3) is 22.1 Å². The van der Waals surface area contributed by atoms with Gasteiger partial charge in [0.25, 0.3) is 5.91 Å². The van der Waals surface area contributed by atoms with E-state index in [9.17, 15) is 4.79 Å². The molecule has 1 heterocycles. The van der Waals surface area contributed by atoms with Gasteiger partial charge in [-0.25, -0.2) is 9.97 Å². The lowest BCUT2D eigenvalue weighted by atomic mass is 10.1. The van der Waals surface area contributed by atoms with Crippen molar-refractivity contribution in [3.8, 4) is 0 Å².